The predicted octanol–water partition coefficient (Wildman–Crippen LogP) is 2.53. The summed E-state index contributed by atoms with van der Waals surface area (Å²) < 4.78 is 14.8. The van der Waals surface area contributed by atoms with E-state index in [4.69, 9.17) is 15.5 Å². The van der Waals surface area contributed by atoms with Gasteiger partial charge in [0.2, 0.25) is 0 Å². The third kappa shape index (κ3) is 8.83. The summed E-state index contributed by atoms with van der Waals surface area (Å²) in [6, 6.07) is 7.29. The molecular weight excluding hydrogens is 319 g/mol. The number of rotatable bonds is 10. The first-order valence-electron chi connectivity index (χ1n) is 7.71. The molecule has 0 fully saturated rings. The minimum Gasteiger partial charge on any atom is -0.323 e. The van der Waals surface area contributed by atoms with Crippen molar-refractivity contribution >= 4 is 19.4 Å². The standard InChI is InChI=1S/C15H25N2O5P/c1-2-3-4-5-6-8-12-9-7-10-13(11-12)17-15(18)14(16)22-23(19,20)21/h7,9-11,14H,2-6,8,16H2,1H3,(H,17,18)(H2,19,20,21)/t14-/m1/s1. The number of anilines is 1. The van der Waals surface area contributed by atoms with Crippen LogP contribution < -0.4 is 11.1 Å². The van der Waals surface area contributed by atoms with E-state index in [1.165, 1.54) is 25.7 Å². The van der Waals surface area contributed by atoms with E-state index < -0.39 is 20.0 Å². The highest BCUT2D eigenvalue weighted by atomic mass is 31.2. The first-order chi connectivity index (χ1) is 10.8. The quantitative estimate of drug-likeness (QED) is 0.294. The zero-order valence-corrected chi connectivity index (χ0v) is 14.2. The van der Waals surface area contributed by atoms with Crippen LogP contribution in [0.4, 0.5) is 5.69 Å². The maximum Gasteiger partial charge on any atom is 0.471 e. The minimum absolute atomic E-state index is 0.519. The average molecular weight is 344 g/mol. The Labute approximate surface area is 136 Å². The van der Waals surface area contributed by atoms with Crippen molar-refractivity contribution in [3.63, 3.8) is 0 Å². The van der Waals surface area contributed by atoms with Crippen molar-refractivity contribution in [3.8, 4) is 0 Å². The van der Waals surface area contributed by atoms with Crippen LogP contribution >= 0.6 is 7.82 Å². The zero-order chi connectivity index (χ0) is 17.3. The number of amides is 1. The van der Waals surface area contributed by atoms with Crippen molar-refractivity contribution in [2.75, 3.05) is 5.32 Å². The van der Waals surface area contributed by atoms with Crippen molar-refractivity contribution in [2.24, 2.45) is 5.73 Å². The van der Waals surface area contributed by atoms with Crippen LogP contribution in [-0.2, 0) is 20.3 Å². The molecule has 0 aliphatic rings. The van der Waals surface area contributed by atoms with Gasteiger partial charge in [0.1, 0.15) is 0 Å². The second kappa shape index (κ2) is 9.80. The molecule has 0 radical (unpaired) electrons. The molecule has 0 saturated carbocycles. The van der Waals surface area contributed by atoms with Gasteiger partial charge in [-0.15, -0.1) is 0 Å². The Balaban J connectivity index is 2.49. The minimum atomic E-state index is -4.80. The summed E-state index contributed by atoms with van der Waals surface area (Å²) >= 11 is 0. The number of benzene rings is 1. The summed E-state index contributed by atoms with van der Waals surface area (Å²) in [7, 11) is -4.80. The number of nitrogens with one attached hydrogen (secondary N) is 1. The van der Waals surface area contributed by atoms with Gasteiger partial charge in [-0.05, 0) is 30.5 Å². The molecule has 1 aromatic rings. The molecule has 0 spiro atoms. The van der Waals surface area contributed by atoms with E-state index in [0.29, 0.717) is 5.69 Å². The van der Waals surface area contributed by atoms with Crippen LogP contribution in [0.3, 0.4) is 0 Å². The van der Waals surface area contributed by atoms with Gasteiger partial charge in [0.25, 0.3) is 5.91 Å². The number of aryl methyl sites for hydroxylation is 1. The van der Waals surface area contributed by atoms with Crippen molar-refractivity contribution in [1.29, 1.82) is 0 Å². The SMILES string of the molecule is CCCCCCCc1cccc(NC(=O)[C@H](N)OP(=O)(O)O)c1. The maximum absolute atomic E-state index is 11.7. The molecule has 0 bridgehead atoms. The lowest BCUT2D eigenvalue weighted by molar-refractivity contribution is -0.123. The molecule has 0 saturated heterocycles. The monoisotopic (exact) mass is 344 g/mol. The largest absolute Gasteiger partial charge is 0.471 e. The summed E-state index contributed by atoms with van der Waals surface area (Å²) in [5, 5.41) is 2.48. The number of hydrogen-bond donors (Lipinski definition) is 4. The highest BCUT2D eigenvalue weighted by molar-refractivity contribution is 7.46. The smallest absolute Gasteiger partial charge is 0.323 e. The predicted molar refractivity (Wildman–Crippen MR) is 88.6 cm³/mol. The Morgan fingerprint density at radius 3 is 2.65 bits per heavy atom. The Morgan fingerprint density at radius 2 is 2.00 bits per heavy atom. The highest BCUT2D eigenvalue weighted by Crippen LogP contribution is 2.36. The number of nitrogens with two attached hydrogens (primary N) is 1. The molecule has 0 aliphatic carbocycles. The van der Waals surface area contributed by atoms with E-state index in [9.17, 15) is 9.36 Å². The van der Waals surface area contributed by atoms with Gasteiger partial charge in [0, 0.05) is 5.69 Å². The Kier molecular flexibility index (Phi) is 8.44. The van der Waals surface area contributed by atoms with Crippen LogP contribution in [0.2, 0.25) is 0 Å². The normalized spacial score (nSPS) is 12.9. The van der Waals surface area contributed by atoms with Gasteiger partial charge in [-0.3, -0.25) is 15.1 Å². The molecule has 23 heavy (non-hydrogen) atoms. The second-order valence-electron chi connectivity index (χ2n) is 5.37. The van der Waals surface area contributed by atoms with E-state index in [0.717, 1.165) is 18.4 Å². The van der Waals surface area contributed by atoms with Gasteiger partial charge in [0.15, 0.2) is 6.23 Å². The van der Waals surface area contributed by atoms with E-state index in [1.807, 2.05) is 18.2 Å². The zero-order valence-electron chi connectivity index (χ0n) is 13.3. The highest BCUT2D eigenvalue weighted by Gasteiger charge is 2.24. The topological polar surface area (TPSA) is 122 Å². The fourth-order valence-corrected chi connectivity index (χ4v) is 2.54. The molecule has 5 N–H and O–H groups in total. The molecule has 1 amide bonds. The molecule has 130 valence electrons. The fourth-order valence-electron chi connectivity index (χ4n) is 2.15. The summed E-state index contributed by atoms with van der Waals surface area (Å²) in [5.74, 6) is -0.812. The second-order valence-corrected chi connectivity index (χ2v) is 6.56. The van der Waals surface area contributed by atoms with Crippen molar-refractivity contribution in [2.45, 2.75) is 51.7 Å². The summed E-state index contributed by atoms with van der Waals surface area (Å²) in [4.78, 5) is 29.0. The molecule has 1 atom stereocenters. The van der Waals surface area contributed by atoms with Crippen molar-refractivity contribution in [3.05, 3.63) is 29.8 Å². The van der Waals surface area contributed by atoms with Crippen LogP contribution in [0, 0.1) is 0 Å². The van der Waals surface area contributed by atoms with Gasteiger partial charge in [-0.25, -0.2) is 4.57 Å². The third-order valence-electron chi connectivity index (χ3n) is 3.27. The number of phosphoric acid groups is 1. The van der Waals surface area contributed by atoms with Gasteiger partial charge in [0.05, 0.1) is 0 Å². The Bertz CT molecular complexity index is 546. The van der Waals surface area contributed by atoms with Crippen LogP contribution in [-0.4, -0.2) is 21.9 Å². The van der Waals surface area contributed by atoms with E-state index >= 15 is 0 Å². The van der Waals surface area contributed by atoms with E-state index in [2.05, 4.69) is 16.8 Å². The molecule has 1 rings (SSSR count). The number of phosphoric ester groups is 1. The van der Waals surface area contributed by atoms with E-state index in [-0.39, 0.29) is 0 Å². The molecule has 7 nitrogen and oxygen atoms in total. The summed E-state index contributed by atoms with van der Waals surface area (Å²) in [6.45, 7) is 2.17. The first-order valence-corrected chi connectivity index (χ1v) is 9.24. The maximum atomic E-state index is 11.7. The fraction of sp³-hybridized carbons (Fsp3) is 0.533. The molecule has 0 unspecified atom stereocenters. The Hall–Kier alpha value is -1.24. The van der Waals surface area contributed by atoms with Crippen LogP contribution in [0.5, 0.6) is 0 Å². The number of carbonyl (C=O) groups excluding carboxylic acids is 1. The van der Waals surface area contributed by atoms with Crippen LogP contribution in [0.25, 0.3) is 0 Å². The van der Waals surface area contributed by atoms with Crippen molar-refractivity contribution in [1.82, 2.24) is 0 Å². The Morgan fingerprint density at radius 1 is 1.30 bits per heavy atom. The lowest BCUT2D eigenvalue weighted by Gasteiger charge is -2.14. The molecular formula is C15H25N2O5P. The van der Waals surface area contributed by atoms with Gasteiger partial charge in [-0.1, -0.05) is 44.7 Å². The lowest BCUT2D eigenvalue weighted by atomic mass is 10.1. The first kappa shape index (κ1) is 19.8. The molecule has 1 aromatic carbocycles. The van der Waals surface area contributed by atoms with E-state index in [1.54, 1.807) is 6.07 Å². The van der Waals surface area contributed by atoms with Crippen LogP contribution in [0.1, 0.15) is 44.6 Å². The average Bonchev–Trinajstić information content (AvgIpc) is 2.45. The van der Waals surface area contributed by atoms with Gasteiger partial charge >= 0.3 is 7.82 Å². The van der Waals surface area contributed by atoms with Crippen molar-refractivity contribution < 1.29 is 23.7 Å². The number of carbonyl (C=O) groups is 1. The lowest BCUT2D eigenvalue weighted by Crippen LogP contribution is -2.37. The molecule has 8 heteroatoms. The third-order valence-corrected chi connectivity index (χ3v) is 3.77. The van der Waals surface area contributed by atoms with Gasteiger partial charge < -0.3 is 15.1 Å². The number of unbranched alkanes of at least 4 members (excludes halogenated alkanes) is 4. The molecule has 0 aromatic heterocycles. The number of hydrogen-bond acceptors (Lipinski definition) is 4. The summed E-state index contributed by atoms with van der Waals surface area (Å²) in [6.07, 6.45) is 5.11. The molecule has 0 heterocycles. The summed E-state index contributed by atoms with van der Waals surface area (Å²) in [5.41, 5.74) is 6.90. The van der Waals surface area contributed by atoms with Gasteiger partial charge in [-0.2, -0.15) is 0 Å². The van der Waals surface area contributed by atoms with Crippen LogP contribution in [0.15, 0.2) is 24.3 Å². The molecule has 0 aliphatic heterocycles.